The Bertz CT molecular complexity index is 996. The zero-order valence-electron chi connectivity index (χ0n) is 15.2. The average Bonchev–Trinajstić information content (AvgIpc) is 3.36. The molecule has 2 aromatic rings. The van der Waals surface area contributed by atoms with Crippen molar-refractivity contribution in [2.45, 2.75) is 28.1 Å². The van der Waals surface area contributed by atoms with E-state index in [1.807, 2.05) is 0 Å². The van der Waals surface area contributed by atoms with Gasteiger partial charge in [0, 0.05) is 11.6 Å². The lowest BCUT2D eigenvalue weighted by Gasteiger charge is -2.23. The van der Waals surface area contributed by atoms with E-state index in [0.717, 1.165) is 23.1 Å². The summed E-state index contributed by atoms with van der Waals surface area (Å²) in [5.74, 6) is -0.792. The number of benzene rings is 1. The third-order valence-corrected chi connectivity index (χ3v) is 8.22. The summed E-state index contributed by atoms with van der Waals surface area (Å²) in [4.78, 5) is 24.0. The average molecular weight is 477 g/mol. The fraction of sp³-hybridized carbons (Fsp3) is 0.375. The predicted molar refractivity (Wildman–Crippen MR) is 110 cm³/mol. The van der Waals surface area contributed by atoms with Gasteiger partial charge in [0.15, 0.2) is 4.34 Å². The summed E-state index contributed by atoms with van der Waals surface area (Å²) in [6, 6.07) is 4.98. The molecule has 13 heteroatoms. The zero-order chi connectivity index (χ0) is 21.0. The van der Waals surface area contributed by atoms with Crippen molar-refractivity contribution in [1.82, 2.24) is 14.5 Å². The normalized spacial score (nSPS) is 17.2. The van der Waals surface area contributed by atoms with Crippen molar-refractivity contribution in [1.29, 1.82) is 0 Å². The molecule has 156 valence electrons. The molecule has 1 aliphatic rings. The van der Waals surface area contributed by atoms with Gasteiger partial charge in [0.2, 0.25) is 21.1 Å². The van der Waals surface area contributed by atoms with Gasteiger partial charge in [0.1, 0.15) is 6.04 Å². The van der Waals surface area contributed by atoms with E-state index in [2.05, 4.69) is 20.3 Å². The lowest BCUT2D eigenvalue weighted by Crippen LogP contribution is -2.43. The van der Waals surface area contributed by atoms with Crippen LogP contribution in [0.25, 0.3) is 0 Å². The van der Waals surface area contributed by atoms with E-state index in [4.69, 9.17) is 11.6 Å². The van der Waals surface area contributed by atoms with Crippen molar-refractivity contribution >= 4 is 61.7 Å². The van der Waals surface area contributed by atoms with Gasteiger partial charge in [-0.1, -0.05) is 34.7 Å². The Kier molecular flexibility index (Phi) is 7.11. The molecule has 2 heterocycles. The first-order valence-electron chi connectivity index (χ1n) is 8.42. The maximum absolute atomic E-state index is 12.9. The maximum atomic E-state index is 12.9. The Hall–Kier alpha value is -1.73. The Morgan fingerprint density at radius 1 is 1.34 bits per heavy atom. The molecule has 9 nitrogen and oxygen atoms in total. The van der Waals surface area contributed by atoms with E-state index in [0.29, 0.717) is 22.2 Å². The molecule has 0 spiro atoms. The first-order valence-corrected chi connectivity index (χ1v) is 12.0. The van der Waals surface area contributed by atoms with Gasteiger partial charge >= 0.3 is 5.97 Å². The van der Waals surface area contributed by atoms with Crippen LogP contribution in [0.1, 0.15) is 12.8 Å². The van der Waals surface area contributed by atoms with E-state index in [9.17, 15) is 18.0 Å². The lowest BCUT2D eigenvalue weighted by atomic mass is 10.2. The molecule has 29 heavy (non-hydrogen) atoms. The van der Waals surface area contributed by atoms with Crippen molar-refractivity contribution in [3.8, 4) is 0 Å². The monoisotopic (exact) mass is 476 g/mol. The number of carbonyl (C=O) groups excluding carboxylic acids is 2. The highest BCUT2D eigenvalue weighted by molar-refractivity contribution is 8.01. The van der Waals surface area contributed by atoms with Crippen LogP contribution in [0.4, 0.5) is 5.13 Å². The molecule has 0 saturated carbocycles. The molecule has 1 atom stereocenters. The number of amides is 1. The van der Waals surface area contributed by atoms with Crippen LogP contribution >= 0.6 is 34.7 Å². The maximum Gasteiger partial charge on any atom is 0.316 e. The minimum atomic E-state index is -3.83. The molecule has 1 saturated heterocycles. The number of hydrogen-bond acceptors (Lipinski definition) is 9. The number of esters is 1. The first kappa shape index (κ1) is 22.0. The van der Waals surface area contributed by atoms with Crippen LogP contribution < -0.4 is 5.32 Å². The summed E-state index contributed by atoms with van der Waals surface area (Å²) in [6.07, 6.45) is 0.975. The van der Waals surface area contributed by atoms with Crippen LogP contribution in [0.5, 0.6) is 0 Å². The van der Waals surface area contributed by atoms with Gasteiger partial charge in [-0.15, -0.1) is 10.2 Å². The molecular weight excluding hydrogens is 460 g/mol. The van der Waals surface area contributed by atoms with Gasteiger partial charge in [-0.05, 0) is 37.1 Å². The third kappa shape index (κ3) is 5.25. The van der Waals surface area contributed by atoms with Gasteiger partial charge in [0.05, 0.1) is 17.8 Å². The highest BCUT2D eigenvalue weighted by Crippen LogP contribution is 2.29. The number of sulfonamides is 1. The zero-order valence-corrected chi connectivity index (χ0v) is 18.4. The summed E-state index contributed by atoms with van der Waals surface area (Å²) < 4.78 is 32.1. The minimum Gasteiger partial charge on any atom is -0.468 e. The smallest absolute Gasteiger partial charge is 0.316 e. The number of anilines is 1. The quantitative estimate of drug-likeness (QED) is 0.367. The van der Waals surface area contributed by atoms with Gasteiger partial charge < -0.3 is 4.74 Å². The van der Waals surface area contributed by atoms with E-state index >= 15 is 0 Å². The summed E-state index contributed by atoms with van der Waals surface area (Å²) in [7, 11) is -2.54. The molecular formula is C16H17ClN4O5S3. The van der Waals surface area contributed by atoms with Crippen molar-refractivity contribution < 1.29 is 22.7 Å². The van der Waals surface area contributed by atoms with Crippen molar-refractivity contribution in [3.63, 3.8) is 0 Å². The van der Waals surface area contributed by atoms with Gasteiger partial charge in [-0.25, -0.2) is 8.42 Å². The van der Waals surface area contributed by atoms with Crippen molar-refractivity contribution in [2.24, 2.45) is 0 Å². The second kappa shape index (κ2) is 9.39. The molecule has 3 rings (SSSR count). The van der Waals surface area contributed by atoms with Crippen LogP contribution in [0.2, 0.25) is 5.02 Å². The predicted octanol–water partition coefficient (Wildman–Crippen LogP) is 2.25. The topological polar surface area (TPSA) is 119 Å². The number of carbonyl (C=O) groups is 2. The highest BCUT2D eigenvalue weighted by atomic mass is 35.5. The van der Waals surface area contributed by atoms with Crippen LogP contribution in [-0.4, -0.2) is 60.2 Å². The van der Waals surface area contributed by atoms with E-state index < -0.39 is 27.9 Å². The Balaban J connectivity index is 1.68. The van der Waals surface area contributed by atoms with Crippen molar-refractivity contribution in [3.05, 3.63) is 29.3 Å². The van der Waals surface area contributed by atoms with Crippen LogP contribution in [0.15, 0.2) is 33.5 Å². The Morgan fingerprint density at radius 3 is 2.76 bits per heavy atom. The molecule has 1 aliphatic heterocycles. The number of ether oxygens (including phenoxy) is 1. The molecule has 1 aromatic carbocycles. The molecule has 1 fully saturated rings. The second-order valence-electron chi connectivity index (χ2n) is 5.95. The Labute approximate surface area is 180 Å². The molecule has 1 amide bonds. The first-order chi connectivity index (χ1) is 13.8. The number of nitrogens with one attached hydrogen (secondary N) is 1. The van der Waals surface area contributed by atoms with Crippen LogP contribution in [-0.2, 0) is 24.3 Å². The standard InChI is InChI=1S/C16H17ClN4O5S3/c1-26-13(22)9-27-16-20-19-15(28-16)18-14(23)12-3-2-8-21(12)29(24,25)11-6-4-10(17)5-7-11/h4-7,12H,2-3,8-9H2,1H3,(H,18,19,23)/t12-/m0/s1. The van der Waals surface area contributed by atoms with Crippen LogP contribution in [0, 0.1) is 0 Å². The lowest BCUT2D eigenvalue weighted by molar-refractivity contribution is -0.137. The number of halogens is 1. The summed E-state index contributed by atoms with van der Waals surface area (Å²) in [6.45, 7) is 0.249. The van der Waals surface area contributed by atoms with Crippen molar-refractivity contribution in [2.75, 3.05) is 24.7 Å². The summed E-state index contributed by atoms with van der Waals surface area (Å²) >= 11 is 8.07. The Morgan fingerprint density at radius 2 is 2.07 bits per heavy atom. The van der Waals surface area contributed by atoms with E-state index in [1.54, 1.807) is 0 Å². The number of thioether (sulfide) groups is 1. The number of rotatable bonds is 7. The fourth-order valence-corrected chi connectivity index (χ4v) is 6.09. The number of nitrogens with zero attached hydrogens (tertiary/aromatic N) is 3. The summed E-state index contributed by atoms with van der Waals surface area (Å²) in [5, 5.41) is 11.0. The fourth-order valence-electron chi connectivity index (χ4n) is 2.72. The molecule has 1 aromatic heterocycles. The van der Waals surface area contributed by atoms with Gasteiger partial charge in [-0.3, -0.25) is 14.9 Å². The largest absolute Gasteiger partial charge is 0.468 e. The highest BCUT2D eigenvalue weighted by Gasteiger charge is 2.39. The molecule has 0 unspecified atom stereocenters. The number of methoxy groups -OCH3 is 1. The minimum absolute atomic E-state index is 0.0782. The molecule has 0 bridgehead atoms. The molecule has 0 aliphatic carbocycles. The SMILES string of the molecule is COC(=O)CSc1nnc(NC(=O)[C@@H]2CCCN2S(=O)(=O)c2ccc(Cl)cc2)s1. The second-order valence-corrected chi connectivity index (χ2v) is 10.5. The number of hydrogen-bond donors (Lipinski definition) is 1. The van der Waals surface area contributed by atoms with Gasteiger partial charge in [0.25, 0.3) is 0 Å². The van der Waals surface area contributed by atoms with E-state index in [-0.39, 0.29) is 22.3 Å². The van der Waals surface area contributed by atoms with Crippen LogP contribution in [0.3, 0.4) is 0 Å². The van der Waals surface area contributed by atoms with E-state index in [1.165, 1.54) is 35.7 Å². The van der Waals surface area contributed by atoms with Gasteiger partial charge in [-0.2, -0.15) is 4.31 Å². The summed E-state index contributed by atoms with van der Waals surface area (Å²) in [5.41, 5.74) is 0. The molecule has 0 radical (unpaired) electrons. The number of aromatic nitrogens is 2. The third-order valence-electron chi connectivity index (χ3n) is 4.10. The molecule has 1 N–H and O–H groups in total.